The van der Waals surface area contributed by atoms with E-state index in [9.17, 15) is 0 Å². The van der Waals surface area contributed by atoms with Crippen LogP contribution in [0.25, 0.3) is 5.69 Å². The van der Waals surface area contributed by atoms with E-state index < -0.39 is 0 Å². The van der Waals surface area contributed by atoms with Gasteiger partial charge in [-0.05, 0) is 48.5 Å². The topological polar surface area (TPSA) is 33.4 Å². The van der Waals surface area contributed by atoms with E-state index in [0.717, 1.165) is 27.6 Å². The minimum atomic E-state index is 0.0188. The molecule has 136 valence electrons. The summed E-state index contributed by atoms with van der Waals surface area (Å²) in [4.78, 5) is 12.2. The Balaban J connectivity index is 1.60. The molecule has 4 nitrogen and oxygen atoms in total. The first kappa shape index (κ1) is 17.1. The molecule has 0 bridgehead atoms. The Morgan fingerprint density at radius 1 is 1.07 bits per heavy atom. The van der Waals surface area contributed by atoms with Gasteiger partial charge in [0.05, 0.1) is 11.7 Å². The second-order valence-corrected chi connectivity index (χ2v) is 9.24. The van der Waals surface area contributed by atoms with Crippen LogP contribution in [0.1, 0.15) is 30.4 Å². The van der Waals surface area contributed by atoms with Crippen LogP contribution < -0.4 is 0 Å². The third-order valence-corrected chi connectivity index (χ3v) is 6.70. The van der Waals surface area contributed by atoms with Gasteiger partial charge in [-0.2, -0.15) is 0 Å². The number of halogens is 1. The van der Waals surface area contributed by atoms with Gasteiger partial charge in [0.2, 0.25) is 0 Å². The first-order valence-electron chi connectivity index (χ1n) is 9.06. The van der Waals surface area contributed by atoms with Gasteiger partial charge in [-0.25, -0.2) is 0 Å². The minimum absolute atomic E-state index is 0.0188. The van der Waals surface area contributed by atoms with Crippen LogP contribution >= 0.6 is 27.7 Å². The lowest BCUT2D eigenvalue weighted by Gasteiger charge is -2.28. The van der Waals surface area contributed by atoms with E-state index in [4.69, 9.17) is 4.99 Å². The van der Waals surface area contributed by atoms with Crippen LogP contribution in [0.15, 0.2) is 76.5 Å². The average Bonchev–Trinajstić information content (AvgIpc) is 3.37. The molecule has 0 unspecified atom stereocenters. The highest BCUT2D eigenvalue weighted by atomic mass is 79.9. The molecular formula is C21H19BrN4S. The second-order valence-electron chi connectivity index (χ2n) is 6.92. The number of benzene rings is 1. The molecule has 2 aliphatic heterocycles. The lowest BCUT2D eigenvalue weighted by molar-refractivity contribution is 0.312. The lowest BCUT2D eigenvalue weighted by atomic mass is 10.0. The molecule has 4 heterocycles. The van der Waals surface area contributed by atoms with Crippen molar-refractivity contribution in [3.63, 3.8) is 0 Å². The molecule has 2 aromatic heterocycles. The van der Waals surface area contributed by atoms with E-state index in [1.807, 2.05) is 30.1 Å². The van der Waals surface area contributed by atoms with Crippen molar-refractivity contribution in [3.05, 3.63) is 82.9 Å². The molecule has 5 rings (SSSR count). The summed E-state index contributed by atoms with van der Waals surface area (Å²) >= 11 is 5.40. The minimum Gasteiger partial charge on any atom is -0.339 e. The summed E-state index contributed by atoms with van der Waals surface area (Å²) in [7, 11) is 0. The average molecular weight is 439 g/mol. The monoisotopic (exact) mass is 438 g/mol. The van der Waals surface area contributed by atoms with Crippen molar-refractivity contribution in [3.8, 4) is 5.69 Å². The van der Waals surface area contributed by atoms with Gasteiger partial charge < -0.3 is 9.47 Å². The zero-order chi connectivity index (χ0) is 18.4. The fourth-order valence-corrected chi connectivity index (χ4v) is 5.27. The third kappa shape index (κ3) is 3.01. The van der Waals surface area contributed by atoms with E-state index in [2.05, 4.69) is 86.0 Å². The number of hydrogen-bond donors (Lipinski definition) is 0. The predicted octanol–water partition coefficient (Wildman–Crippen LogP) is 5.22. The van der Waals surface area contributed by atoms with Gasteiger partial charge in [0, 0.05) is 40.0 Å². The van der Waals surface area contributed by atoms with Crippen LogP contribution in [0.5, 0.6) is 0 Å². The molecule has 27 heavy (non-hydrogen) atoms. The highest BCUT2D eigenvalue weighted by Crippen LogP contribution is 2.47. The summed E-state index contributed by atoms with van der Waals surface area (Å²) in [6.45, 7) is 3.29. The summed E-state index contributed by atoms with van der Waals surface area (Å²) in [5.41, 5.74) is 3.44. The van der Waals surface area contributed by atoms with Crippen molar-refractivity contribution < 1.29 is 0 Å². The number of aliphatic imine (C=N–C) groups is 1. The molecule has 0 radical (unpaired) electrons. The highest BCUT2D eigenvalue weighted by molar-refractivity contribution is 9.10. The van der Waals surface area contributed by atoms with Crippen molar-refractivity contribution in [2.45, 2.75) is 24.3 Å². The molecule has 1 fully saturated rings. The van der Waals surface area contributed by atoms with Gasteiger partial charge in [0.15, 0.2) is 5.17 Å². The van der Waals surface area contributed by atoms with Crippen molar-refractivity contribution in [1.29, 1.82) is 0 Å². The molecule has 3 aromatic rings. The van der Waals surface area contributed by atoms with Crippen molar-refractivity contribution >= 4 is 32.9 Å². The van der Waals surface area contributed by atoms with Crippen LogP contribution in [0, 0.1) is 0 Å². The molecule has 6 heteroatoms. The number of thioether (sulfide) groups is 1. The van der Waals surface area contributed by atoms with Crippen LogP contribution in [-0.4, -0.2) is 31.4 Å². The largest absolute Gasteiger partial charge is 0.339 e. The Morgan fingerprint density at radius 2 is 1.93 bits per heavy atom. The summed E-state index contributed by atoms with van der Waals surface area (Å²) in [5, 5.41) is 1.71. The fraction of sp³-hybridized carbons (Fsp3) is 0.238. The summed E-state index contributed by atoms with van der Waals surface area (Å²) in [6, 6.07) is 19.1. The van der Waals surface area contributed by atoms with Gasteiger partial charge in [-0.1, -0.05) is 40.7 Å². The van der Waals surface area contributed by atoms with Crippen molar-refractivity contribution in [1.82, 2.24) is 14.5 Å². The SMILES string of the molecule is C[C@@H]1CN2C(=N[C@@H](c3ccccn3)[C@@H]2c2cccn2-c2ccc(Br)cc2)S1. The number of rotatable bonds is 3. The Hall–Kier alpha value is -2.05. The standard InChI is InChI=1S/C21H19BrN4S/c1-14-13-26-20(19(24-21(26)27-14)17-5-2-3-11-23-17)18-6-4-12-25(18)16-9-7-15(22)8-10-16/h2-12,14,19-20H,13H2,1H3/t14-,19+,20+/m1/s1. The number of hydrogen-bond acceptors (Lipinski definition) is 4. The van der Waals surface area contributed by atoms with E-state index in [0.29, 0.717) is 5.25 Å². The Kier molecular flexibility index (Phi) is 4.32. The first-order valence-corrected chi connectivity index (χ1v) is 10.7. The van der Waals surface area contributed by atoms with Crippen molar-refractivity contribution in [2.24, 2.45) is 4.99 Å². The third-order valence-electron chi connectivity index (χ3n) is 5.07. The number of amidine groups is 1. The predicted molar refractivity (Wildman–Crippen MR) is 114 cm³/mol. The van der Waals surface area contributed by atoms with Gasteiger partial charge in [-0.3, -0.25) is 9.98 Å². The van der Waals surface area contributed by atoms with E-state index in [-0.39, 0.29) is 12.1 Å². The van der Waals surface area contributed by atoms with Crippen molar-refractivity contribution in [2.75, 3.05) is 6.54 Å². The van der Waals surface area contributed by atoms with Crippen LogP contribution in [0.3, 0.4) is 0 Å². The fourth-order valence-electron chi connectivity index (χ4n) is 3.91. The van der Waals surface area contributed by atoms with E-state index >= 15 is 0 Å². The summed E-state index contributed by atoms with van der Waals surface area (Å²) < 4.78 is 3.36. The highest BCUT2D eigenvalue weighted by Gasteiger charge is 2.44. The Labute approximate surface area is 171 Å². The molecule has 0 saturated carbocycles. The number of pyridine rings is 1. The van der Waals surface area contributed by atoms with E-state index in [1.165, 1.54) is 5.69 Å². The molecule has 3 atom stereocenters. The number of nitrogens with zero attached hydrogens (tertiary/aromatic N) is 4. The maximum atomic E-state index is 5.08. The first-order chi connectivity index (χ1) is 13.2. The summed E-state index contributed by atoms with van der Waals surface area (Å²) in [6.07, 6.45) is 4.00. The quantitative estimate of drug-likeness (QED) is 0.561. The van der Waals surface area contributed by atoms with Gasteiger partial charge in [0.25, 0.3) is 0 Å². The summed E-state index contributed by atoms with van der Waals surface area (Å²) in [5.74, 6) is 0. The molecule has 0 amide bonds. The maximum absolute atomic E-state index is 5.08. The lowest BCUT2D eigenvalue weighted by Crippen LogP contribution is -2.30. The zero-order valence-corrected chi connectivity index (χ0v) is 17.3. The normalized spacial score (nSPS) is 24.1. The van der Waals surface area contributed by atoms with E-state index in [1.54, 1.807) is 0 Å². The molecule has 0 aliphatic carbocycles. The number of fused-ring (bicyclic) bond motifs is 1. The molecule has 0 N–H and O–H groups in total. The molecule has 1 aromatic carbocycles. The maximum Gasteiger partial charge on any atom is 0.160 e. The molecular weight excluding hydrogens is 420 g/mol. The Bertz CT molecular complexity index is 983. The molecule has 2 aliphatic rings. The van der Waals surface area contributed by atoms with Gasteiger partial charge in [0.1, 0.15) is 6.04 Å². The zero-order valence-electron chi connectivity index (χ0n) is 14.9. The molecule has 0 spiro atoms. The Morgan fingerprint density at radius 3 is 2.70 bits per heavy atom. The number of aromatic nitrogens is 2. The van der Waals surface area contributed by atoms with Gasteiger partial charge >= 0.3 is 0 Å². The van der Waals surface area contributed by atoms with Crippen LogP contribution in [0.2, 0.25) is 0 Å². The van der Waals surface area contributed by atoms with Crippen LogP contribution in [-0.2, 0) is 0 Å². The smallest absolute Gasteiger partial charge is 0.160 e. The molecule has 1 saturated heterocycles. The van der Waals surface area contributed by atoms with Crippen LogP contribution in [0.4, 0.5) is 0 Å². The van der Waals surface area contributed by atoms with Gasteiger partial charge in [-0.15, -0.1) is 0 Å². The second kappa shape index (κ2) is 6.84.